The van der Waals surface area contributed by atoms with E-state index < -0.39 is 13.3 Å². The minimum atomic E-state index is -3.49. The Morgan fingerprint density at radius 3 is 1.19 bits per heavy atom. The molecule has 10 aromatic rings. The molecule has 59 heavy (non-hydrogen) atoms. The fourth-order valence-corrected chi connectivity index (χ4v) is 19.6. The molecule has 0 unspecified atom stereocenters. The van der Waals surface area contributed by atoms with Crippen LogP contribution in [0.2, 0.25) is 0 Å². The van der Waals surface area contributed by atoms with Gasteiger partial charge in [-0.2, -0.15) is 0 Å². The van der Waals surface area contributed by atoms with E-state index in [9.17, 15) is 0 Å². The van der Waals surface area contributed by atoms with Crippen molar-refractivity contribution in [3.8, 4) is 11.4 Å². The zero-order chi connectivity index (χ0) is 40.5. The summed E-state index contributed by atoms with van der Waals surface area (Å²) in [6.45, 7) is 13.8. The molecule has 288 valence electrons. The molecule has 0 spiro atoms. The third kappa shape index (κ3) is 6.07. The van der Waals surface area contributed by atoms with Gasteiger partial charge in [-0.15, -0.1) is 0 Å². The molecular formula is C56H50GeN2. The molecule has 2 nitrogen and oxygen atoms in total. The summed E-state index contributed by atoms with van der Waals surface area (Å²) in [6, 6.07) is 73.5. The van der Waals surface area contributed by atoms with Crippen molar-refractivity contribution in [1.29, 1.82) is 0 Å². The van der Waals surface area contributed by atoms with Gasteiger partial charge in [-0.1, -0.05) is 41.5 Å². The summed E-state index contributed by atoms with van der Waals surface area (Å²) in [5.41, 5.74) is 10.0. The SMILES string of the molecule is CC(C)(C)c1ccc2c(c1)c1cc(C(C)(C)C)ccc1n2-c1ccc2c(c1)c1ccccc1n2-c1ccc[c]([Ge]([c]2ccccc2)([c]2ccccc2)[c]2ccccc2)c1. The molecule has 2 aromatic heterocycles. The Morgan fingerprint density at radius 1 is 0.305 bits per heavy atom. The molecule has 0 amide bonds. The number of hydrogen-bond donors (Lipinski definition) is 0. The predicted molar refractivity (Wildman–Crippen MR) is 256 cm³/mol. The van der Waals surface area contributed by atoms with Crippen molar-refractivity contribution in [3.05, 3.63) is 205 Å². The fourth-order valence-electron chi connectivity index (χ4n) is 9.56. The first kappa shape index (κ1) is 37.2. The van der Waals surface area contributed by atoms with Gasteiger partial charge >= 0.3 is 289 Å². The number of para-hydroxylation sites is 1. The molecule has 0 aliphatic carbocycles. The second kappa shape index (κ2) is 14.0. The van der Waals surface area contributed by atoms with Crippen LogP contribution in [0.1, 0.15) is 52.7 Å². The van der Waals surface area contributed by atoms with E-state index >= 15 is 0 Å². The van der Waals surface area contributed by atoms with E-state index in [1.807, 2.05) is 0 Å². The van der Waals surface area contributed by atoms with Gasteiger partial charge in [0.15, 0.2) is 0 Å². The van der Waals surface area contributed by atoms with Gasteiger partial charge in [-0.25, -0.2) is 0 Å². The van der Waals surface area contributed by atoms with Gasteiger partial charge in [0, 0.05) is 0 Å². The first-order valence-electron chi connectivity index (χ1n) is 20.9. The van der Waals surface area contributed by atoms with Crippen LogP contribution < -0.4 is 17.6 Å². The zero-order valence-corrected chi connectivity index (χ0v) is 37.0. The second-order valence-corrected chi connectivity index (χ2v) is 26.2. The van der Waals surface area contributed by atoms with Crippen molar-refractivity contribution in [2.45, 2.75) is 52.4 Å². The number of aromatic nitrogens is 2. The van der Waals surface area contributed by atoms with Crippen molar-refractivity contribution in [1.82, 2.24) is 9.13 Å². The zero-order valence-electron chi connectivity index (χ0n) is 34.9. The normalized spacial score (nSPS) is 12.6. The second-order valence-electron chi connectivity index (χ2n) is 18.3. The van der Waals surface area contributed by atoms with E-state index in [1.54, 1.807) is 0 Å². The Kier molecular flexibility index (Phi) is 8.84. The molecule has 0 saturated heterocycles. The number of fused-ring (bicyclic) bond motifs is 6. The molecule has 2 heterocycles. The summed E-state index contributed by atoms with van der Waals surface area (Å²) >= 11 is -3.49. The van der Waals surface area contributed by atoms with Gasteiger partial charge in [0.25, 0.3) is 0 Å². The molecular weight excluding hydrogens is 773 g/mol. The van der Waals surface area contributed by atoms with Crippen molar-refractivity contribution in [2.24, 2.45) is 0 Å². The van der Waals surface area contributed by atoms with Crippen molar-refractivity contribution >= 4 is 74.5 Å². The van der Waals surface area contributed by atoms with Gasteiger partial charge in [0.1, 0.15) is 0 Å². The number of nitrogens with zero attached hydrogens (tertiary/aromatic N) is 2. The van der Waals surface area contributed by atoms with Crippen molar-refractivity contribution in [2.75, 3.05) is 0 Å². The maximum atomic E-state index is 2.50. The molecule has 0 N–H and O–H groups in total. The summed E-state index contributed by atoms with van der Waals surface area (Å²) in [4.78, 5) is 0. The number of benzene rings is 8. The third-order valence-corrected chi connectivity index (χ3v) is 22.6. The quantitative estimate of drug-likeness (QED) is 0.148. The van der Waals surface area contributed by atoms with E-state index in [1.165, 1.54) is 83.7 Å². The summed E-state index contributed by atoms with van der Waals surface area (Å²) in [5.74, 6) is 0. The van der Waals surface area contributed by atoms with E-state index in [-0.39, 0.29) is 10.8 Å². The first-order valence-corrected chi connectivity index (χ1v) is 25.1. The van der Waals surface area contributed by atoms with Gasteiger partial charge in [0.05, 0.1) is 0 Å². The van der Waals surface area contributed by atoms with Crippen LogP contribution in [0.5, 0.6) is 0 Å². The fraction of sp³-hybridized carbons (Fsp3) is 0.143. The molecule has 0 bridgehead atoms. The van der Waals surface area contributed by atoms with Crippen LogP contribution in [0.4, 0.5) is 0 Å². The Balaban J connectivity index is 1.21. The maximum absolute atomic E-state index is 3.49. The molecule has 8 aromatic carbocycles. The molecule has 0 fully saturated rings. The number of hydrogen-bond acceptors (Lipinski definition) is 0. The number of rotatable bonds is 6. The molecule has 0 aliphatic rings. The van der Waals surface area contributed by atoms with Crippen LogP contribution in [0.3, 0.4) is 0 Å². The molecule has 0 radical (unpaired) electrons. The predicted octanol–water partition coefficient (Wildman–Crippen LogP) is 11.9. The average Bonchev–Trinajstić information content (AvgIpc) is 3.76. The van der Waals surface area contributed by atoms with Gasteiger partial charge in [-0.3, -0.25) is 0 Å². The molecule has 0 aliphatic heterocycles. The van der Waals surface area contributed by atoms with Crippen LogP contribution in [0.15, 0.2) is 194 Å². The van der Waals surface area contributed by atoms with Gasteiger partial charge in [0.2, 0.25) is 0 Å². The average molecular weight is 824 g/mol. The first-order chi connectivity index (χ1) is 28.5. The van der Waals surface area contributed by atoms with Crippen LogP contribution in [-0.2, 0) is 10.8 Å². The summed E-state index contributed by atoms with van der Waals surface area (Å²) in [7, 11) is 0. The van der Waals surface area contributed by atoms with E-state index in [0.717, 1.165) is 0 Å². The Hall–Kier alpha value is -6.10. The van der Waals surface area contributed by atoms with E-state index in [2.05, 4.69) is 245 Å². The van der Waals surface area contributed by atoms with Crippen LogP contribution in [-0.4, -0.2) is 22.4 Å². The minimum absolute atomic E-state index is 0.0502. The molecule has 0 saturated carbocycles. The van der Waals surface area contributed by atoms with E-state index in [4.69, 9.17) is 0 Å². The Morgan fingerprint density at radius 2 is 0.695 bits per heavy atom. The molecule has 3 heteroatoms. The van der Waals surface area contributed by atoms with Crippen molar-refractivity contribution < 1.29 is 0 Å². The van der Waals surface area contributed by atoms with Crippen LogP contribution in [0, 0.1) is 0 Å². The standard InChI is InChI=1S/C56H50GeN2/c1-55(2,3)39-29-32-52-48(35-39)49-36-40(56(4,5)6)30-33-53(49)59(52)46-31-34-54-50(38-46)47-27-16-17-28-51(47)58(54)45-26-18-25-44(37-45)57(41-19-10-7-11-20-41,42-21-12-8-13-22-42)43-23-14-9-15-24-43/h7-38H,1-6H3. The van der Waals surface area contributed by atoms with Crippen molar-refractivity contribution in [3.63, 3.8) is 0 Å². The third-order valence-electron chi connectivity index (χ3n) is 12.6. The summed E-state index contributed by atoms with van der Waals surface area (Å²) in [6.07, 6.45) is 0. The van der Waals surface area contributed by atoms with E-state index in [0.29, 0.717) is 0 Å². The topological polar surface area (TPSA) is 9.86 Å². The van der Waals surface area contributed by atoms with Gasteiger partial charge < -0.3 is 0 Å². The molecule has 10 rings (SSSR count). The monoisotopic (exact) mass is 824 g/mol. The summed E-state index contributed by atoms with van der Waals surface area (Å²) in [5, 5.41) is 5.12. The molecule has 0 atom stereocenters. The Bertz CT molecular complexity index is 2990. The Labute approximate surface area is 350 Å². The van der Waals surface area contributed by atoms with Gasteiger partial charge in [-0.05, 0) is 22.0 Å². The van der Waals surface area contributed by atoms with Crippen LogP contribution >= 0.6 is 0 Å². The summed E-state index contributed by atoms with van der Waals surface area (Å²) < 4.78 is 10.6. The van der Waals surface area contributed by atoms with Crippen LogP contribution in [0.25, 0.3) is 55.0 Å².